The molecule has 0 aliphatic heterocycles. The van der Waals surface area contributed by atoms with Gasteiger partial charge in [0.15, 0.2) is 4.34 Å². The van der Waals surface area contributed by atoms with Crippen molar-refractivity contribution >= 4 is 45.5 Å². The summed E-state index contributed by atoms with van der Waals surface area (Å²) in [6.45, 7) is 3.96. The van der Waals surface area contributed by atoms with E-state index in [1.807, 2.05) is 62.4 Å². The highest BCUT2D eigenvalue weighted by Gasteiger charge is 2.18. The molecule has 0 saturated heterocycles. The fourth-order valence-electron chi connectivity index (χ4n) is 2.46. The number of halogens is 1. The average Bonchev–Trinajstić information content (AvgIpc) is 3.36. The van der Waals surface area contributed by atoms with Gasteiger partial charge in [-0.3, -0.25) is 0 Å². The second kappa shape index (κ2) is 8.30. The summed E-state index contributed by atoms with van der Waals surface area (Å²) < 4.78 is 6.63. The molecule has 0 fully saturated rings. The van der Waals surface area contributed by atoms with E-state index in [9.17, 15) is 0 Å². The molecule has 0 amide bonds. The molecule has 1 atom stereocenters. The molecule has 0 bridgehead atoms. The number of aromatic nitrogens is 4. The number of rotatable bonds is 6. The molecule has 0 aliphatic carbocycles. The van der Waals surface area contributed by atoms with Crippen LogP contribution < -0.4 is 5.32 Å². The Kier molecular flexibility index (Phi) is 5.61. The normalized spacial score (nSPS) is 12.1. The molecule has 1 unspecified atom stereocenters. The third-order valence-corrected chi connectivity index (χ3v) is 6.42. The summed E-state index contributed by atoms with van der Waals surface area (Å²) in [6, 6.07) is 15.4. The predicted octanol–water partition coefficient (Wildman–Crippen LogP) is 6.15. The summed E-state index contributed by atoms with van der Waals surface area (Å²) in [5.74, 6) is 1.07. The zero-order valence-electron chi connectivity index (χ0n) is 15.1. The summed E-state index contributed by atoms with van der Waals surface area (Å²) in [4.78, 5) is 0. The van der Waals surface area contributed by atoms with Crippen LogP contribution in [0.15, 0.2) is 57.3 Å². The minimum absolute atomic E-state index is 0.0429. The molecule has 142 valence electrons. The van der Waals surface area contributed by atoms with Crippen LogP contribution in [0.4, 0.5) is 10.8 Å². The Morgan fingerprint density at radius 3 is 2.68 bits per heavy atom. The third kappa shape index (κ3) is 4.19. The molecule has 9 heteroatoms. The molecule has 2 aromatic heterocycles. The summed E-state index contributed by atoms with van der Waals surface area (Å²) in [6.07, 6.45) is 0. The van der Waals surface area contributed by atoms with Gasteiger partial charge in [-0.1, -0.05) is 59.0 Å². The zero-order chi connectivity index (χ0) is 19.5. The maximum atomic E-state index is 6.17. The average molecular weight is 430 g/mol. The first-order valence-electron chi connectivity index (χ1n) is 8.51. The minimum atomic E-state index is -0.0429. The van der Waals surface area contributed by atoms with Gasteiger partial charge in [0, 0.05) is 16.3 Å². The summed E-state index contributed by atoms with van der Waals surface area (Å²) >= 11 is 9.16. The first-order chi connectivity index (χ1) is 13.6. The molecule has 6 nitrogen and oxygen atoms in total. The highest BCUT2D eigenvalue weighted by atomic mass is 35.5. The van der Waals surface area contributed by atoms with Crippen LogP contribution in [0.1, 0.15) is 23.6 Å². The molecule has 0 spiro atoms. The van der Waals surface area contributed by atoms with Gasteiger partial charge in [0.2, 0.25) is 16.9 Å². The number of thioether (sulfide) groups is 1. The minimum Gasteiger partial charge on any atom is -0.419 e. The second-order valence-corrected chi connectivity index (χ2v) is 8.95. The van der Waals surface area contributed by atoms with Crippen LogP contribution in [-0.2, 0) is 0 Å². The van der Waals surface area contributed by atoms with Crippen LogP contribution in [0.2, 0.25) is 5.02 Å². The molecule has 1 N–H and O–H groups in total. The zero-order valence-corrected chi connectivity index (χ0v) is 17.5. The van der Waals surface area contributed by atoms with Crippen LogP contribution in [0.25, 0.3) is 11.5 Å². The molecule has 4 rings (SSSR count). The van der Waals surface area contributed by atoms with Crippen molar-refractivity contribution in [2.45, 2.75) is 23.4 Å². The van der Waals surface area contributed by atoms with Gasteiger partial charge in [-0.2, -0.15) is 0 Å². The first-order valence-corrected chi connectivity index (χ1v) is 10.6. The fraction of sp³-hybridized carbons (Fsp3) is 0.158. The van der Waals surface area contributed by atoms with Crippen LogP contribution in [0.5, 0.6) is 0 Å². The van der Waals surface area contributed by atoms with E-state index >= 15 is 0 Å². The summed E-state index contributed by atoms with van der Waals surface area (Å²) in [5.41, 5.74) is 2.79. The van der Waals surface area contributed by atoms with E-state index < -0.39 is 0 Å². The fourth-order valence-corrected chi connectivity index (χ4v) is 4.58. The second-order valence-electron chi connectivity index (χ2n) is 5.98. The van der Waals surface area contributed by atoms with Gasteiger partial charge >= 0.3 is 0 Å². The van der Waals surface area contributed by atoms with Crippen molar-refractivity contribution in [3.05, 3.63) is 65.0 Å². The lowest BCUT2D eigenvalue weighted by atomic mass is 10.2. The lowest BCUT2D eigenvalue weighted by Gasteiger charge is -2.07. The van der Waals surface area contributed by atoms with Crippen LogP contribution in [0.3, 0.4) is 0 Å². The Hall–Kier alpha value is -2.42. The maximum Gasteiger partial charge on any atom is 0.247 e. The van der Waals surface area contributed by atoms with Crippen molar-refractivity contribution in [3.8, 4) is 11.5 Å². The molecule has 2 aromatic carbocycles. The van der Waals surface area contributed by atoms with Gasteiger partial charge in [0.05, 0.1) is 5.25 Å². The van der Waals surface area contributed by atoms with Gasteiger partial charge < -0.3 is 9.73 Å². The number of hydrogen-bond acceptors (Lipinski definition) is 8. The standard InChI is InChI=1S/C19H16ClN5OS2/c1-11-14(20)9-6-10-15(11)21-18-24-25-19(28-18)27-12(2)16-22-23-17(26-16)13-7-4-3-5-8-13/h3-10,12H,1-2H3,(H,21,24). The largest absolute Gasteiger partial charge is 0.419 e. The lowest BCUT2D eigenvalue weighted by molar-refractivity contribution is 0.509. The molecule has 0 radical (unpaired) electrons. The van der Waals surface area contributed by atoms with Gasteiger partial charge in [-0.15, -0.1) is 20.4 Å². The SMILES string of the molecule is Cc1c(Cl)cccc1Nc1nnc(SC(C)c2nnc(-c3ccccc3)o2)s1. The van der Waals surface area contributed by atoms with E-state index in [2.05, 4.69) is 25.7 Å². The predicted molar refractivity (Wildman–Crippen MR) is 113 cm³/mol. The van der Waals surface area contributed by atoms with Crippen LogP contribution >= 0.6 is 34.7 Å². The molecule has 2 heterocycles. The first kappa shape index (κ1) is 18.9. The highest BCUT2D eigenvalue weighted by Crippen LogP contribution is 2.38. The number of anilines is 2. The Morgan fingerprint density at radius 1 is 1.04 bits per heavy atom. The van der Waals surface area contributed by atoms with E-state index in [0.717, 1.165) is 21.2 Å². The number of nitrogens with one attached hydrogen (secondary N) is 1. The molecule has 0 aliphatic rings. The van der Waals surface area contributed by atoms with E-state index in [1.54, 1.807) is 0 Å². The van der Waals surface area contributed by atoms with Gasteiger partial charge in [0.25, 0.3) is 0 Å². The van der Waals surface area contributed by atoms with Crippen molar-refractivity contribution in [3.63, 3.8) is 0 Å². The molecular formula is C19H16ClN5OS2. The number of benzene rings is 2. The summed E-state index contributed by atoms with van der Waals surface area (Å²) in [5, 5.41) is 21.4. The molecule has 28 heavy (non-hydrogen) atoms. The van der Waals surface area contributed by atoms with Crippen molar-refractivity contribution in [1.29, 1.82) is 0 Å². The van der Waals surface area contributed by atoms with E-state index in [-0.39, 0.29) is 5.25 Å². The molecular weight excluding hydrogens is 414 g/mol. The molecule has 0 saturated carbocycles. The van der Waals surface area contributed by atoms with Crippen LogP contribution in [0, 0.1) is 6.92 Å². The van der Waals surface area contributed by atoms with Crippen molar-refractivity contribution < 1.29 is 4.42 Å². The van der Waals surface area contributed by atoms with Crippen LogP contribution in [-0.4, -0.2) is 20.4 Å². The van der Waals surface area contributed by atoms with E-state index in [4.69, 9.17) is 16.0 Å². The topological polar surface area (TPSA) is 76.7 Å². The number of hydrogen-bond donors (Lipinski definition) is 1. The van der Waals surface area contributed by atoms with Gasteiger partial charge in [-0.25, -0.2) is 0 Å². The Labute approximate surface area is 175 Å². The molecule has 4 aromatic rings. The maximum absolute atomic E-state index is 6.17. The van der Waals surface area contributed by atoms with Crippen molar-refractivity contribution in [1.82, 2.24) is 20.4 Å². The monoisotopic (exact) mass is 429 g/mol. The third-order valence-electron chi connectivity index (χ3n) is 4.00. The van der Waals surface area contributed by atoms with Crippen molar-refractivity contribution in [2.75, 3.05) is 5.32 Å². The lowest BCUT2D eigenvalue weighted by Crippen LogP contribution is -1.92. The van der Waals surface area contributed by atoms with E-state index in [0.29, 0.717) is 21.9 Å². The highest BCUT2D eigenvalue weighted by molar-refractivity contribution is 8.01. The quantitative estimate of drug-likeness (QED) is 0.368. The van der Waals surface area contributed by atoms with Crippen molar-refractivity contribution in [2.24, 2.45) is 0 Å². The Morgan fingerprint density at radius 2 is 1.86 bits per heavy atom. The smallest absolute Gasteiger partial charge is 0.247 e. The Balaban J connectivity index is 1.44. The number of nitrogens with zero attached hydrogens (tertiary/aromatic N) is 4. The Bertz CT molecular complexity index is 1080. The summed E-state index contributed by atoms with van der Waals surface area (Å²) in [7, 11) is 0. The van der Waals surface area contributed by atoms with Gasteiger partial charge in [0.1, 0.15) is 0 Å². The van der Waals surface area contributed by atoms with Gasteiger partial charge in [-0.05, 0) is 43.7 Å². The van der Waals surface area contributed by atoms with E-state index in [1.165, 1.54) is 23.1 Å².